The Hall–Kier alpha value is -2.38. The molecule has 21 heavy (non-hydrogen) atoms. The molecule has 0 radical (unpaired) electrons. The van der Waals surface area contributed by atoms with Gasteiger partial charge in [-0.15, -0.1) is 0 Å². The fourth-order valence-corrected chi connectivity index (χ4v) is 2.31. The molecule has 108 valence electrons. The van der Waals surface area contributed by atoms with Crippen molar-refractivity contribution in [1.29, 1.82) is 5.26 Å². The average Bonchev–Trinajstić information content (AvgIpc) is 2.52. The van der Waals surface area contributed by atoms with Gasteiger partial charge in [-0.1, -0.05) is 24.3 Å². The van der Waals surface area contributed by atoms with E-state index in [0.717, 1.165) is 16.8 Å². The number of benzene rings is 1. The van der Waals surface area contributed by atoms with Gasteiger partial charge < -0.3 is 10.0 Å². The minimum atomic E-state index is -0.542. The first-order valence-corrected chi connectivity index (χ1v) is 7.00. The smallest absolute Gasteiger partial charge is 0.0781 e. The van der Waals surface area contributed by atoms with Crippen LogP contribution in [0.3, 0.4) is 0 Å². The second kappa shape index (κ2) is 7.41. The van der Waals surface area contributed by atoms with Crippen LogP contribution < -0.4 is 4.90 Å². The number of para-hydroxylation sites is 1. The predicted molar refractivity (Wildman–Crippen MR) is 82.6 cm³/mol. The van der Waals surface area contributed by atoms with Crippen LogP contribution in [0.4, 0.5) is 5.69 Å². The average molecular weight is 281 g/mol. The normalized spacial score (nSPS) is 11.7. The van der Waals surface area contributed by atoms with Crippen LogP contribution in [0, 0.1) is 11.3 Å². The molecule has 0 aliphatic rings. The topological polar surface area (TPSA) is 60.1 Å². The molecule has 0 spiro atoms. The molecule has 1 N–H and O–H groups in total. The van der Waals surface area contributed by atoms with Crippen LogP contribution >= 0.6 is 0 Å². The molecule has 0 saturated heterocycles. The van der Waals surface area contributed by atoms with Crippen LogP contribution in [0.1, 0.15) is 30.6 Å². The van der Waals surface area contributed by atoms with Crippen LogP contribution in [0.25, 0.3) is 0 Å². The third-order valence-corrected chi connectivity index (χ3v) is 3.32. The number of anilines is 1. The Morgan fingerprint density at radius 3 is 2.76 bits per heavy atom. The Morgan fingerprint density at radius 1 is 1.29 bits per heavy atom. The Morgan fingerprint density at radius 2 is 2.10 bits per heavy atom. The third kappa shape index (κ3) is 4.04. The summed E-state index contributed by atoms with van der Waals surface area (Å²) in [6, 6.07) is 13.9. The summed E-state index contributed by atoms with van der Waals surface area (Å²) in [7, 11) is 0. The van der Waals surface area contributed by atoms with Crippen LogP contribution in [-0.4, -0.2) is 16.6 Å². The summed E-state index contributed by atoms with van der Waals surface area (Å²) in [5.41, 5.74) is 2.92. The molecule has 0 aliphatic carbocycles. The SMILES string of the molecule is CC(O)c1ccccc1N(CCC#N)Cc1cccnc1. The second-order valence-electron chi connectivity index (χ2n) is 4.93. The largest absolute Gasteiger partial charge is 0.389 e. The second-order valence-corrected chi connectivity index (χ2v) is 4.93. The first-order valence-electron chi connectivity index (χ1n) is 7.00. The van der Waals surface area contributed by atoms with Gasteiger partial charge in [0.05, 0.1) is 18.6 Å². The number of aromatic nitrogens is 1. The van der Waals surface area contributed by atoms with Gasteiger partial charge in [0.2, 0.25) is 0 Å². The van der Waals surface area contributed by atoms with Gasteiger partial charge in [0.1, 0.15) is 0 Å². The number of nitriles is 1. The lowest BCUT2D eigenvalue weighted by atomic mass is 10.1. The number of rotatable bonds is 6. The quantitative estimate of drug-likeness (QED) is 0.884. The Balaban J connectivity index is 2.30. The van der Waals surface area contributed by atoms with E-state index < -0.39 is 6.10 Å². The van der Waals surface area contributed by atoms with E-state index in [2.05, 4.69) is 16.0 Å². The molecule has 1 atom stereocenters. The van der Waals surface area contributed by atoms with Crippen molar-refractivity contribution in [3.05, 3.63) is 59.9 Å². The van der Waals surface area contributed by atoms with Crippen molar-refractivity contribution in [3.63, 3.8) is 0 Å². The number of aliphatic hydroxyl groups excluding tert-OH is 1. The van der Waals surface area contributed by atoms with Gasteiger partial charge in [0.15, 0.2) is 0 Å². The van der Waals surface area contributed by atoms with Crippen molar-refractivity contribution in [2.45, 2.75) is 26.0 Å². The minimum Gasteiger partial charge on any atom is -0.389 e. The standard InChI is InChI=1S/C17H19N3O/c1-14(21)16-7-2-3-8-17(16)20(11-5-9-18)13-15-6-4-10-19-12-15/h2-4,6-8,10,12,14,21H,5,11,13H2,1H3. The highest BCUT2D eigenvalue weighted by Gasteiger charge is 2.14. The lowest BCUT2D eigenvalue weighted by molar-refractivity contribution is 0.199. The molecule has 0 aliphatic heterocycles. The molecule has 2 aromatic rings. The number of nitrogens with zero attached hydrogens (tertiary/aromatic N) is 3. The maximum Gasteiger partial charge on any atom is 0.0781 e. The molecule has 4 nitrogen and oxygen atoms in total. The summed E-state index contributed by atoms with van der Waals surface area (Å²) >= 11 is 0. The molecular weight excluding hydrogens is 262 g/mol. The molecule has 4 heteroatoms. The van der Waals surface area contributed by atoms with Crippen LogP contribution in [0.15, 0.2) is 48.8 Å². The highest BCUT2D eigenvalue weighted by molar-refractivity contribution is 5.55. The van der Waals surface area contributed by atoms with E-state index in [1.807, 2.05) is 42.6 Å². The Kier molecular flexibility index (Phi) is 5.30. The van der Waals surface area contributed by atoms with E-state index in [1.54, 1.807) is 13.1 Å². The third-order valence-electron chi connectivity index (χ3n) is 3.32. The maximum atomic E-state index is 9.94. The fourth-order valence-electron chi connectivity index (χ4n) is 2.31. The molecule has 0 fully saturated rings. The number of hydrogen-bond donors (Lipinski definition) is 1. The summed E-state index contributed by atoms with van der Waals surface area (Å²) in [5.74, 6) is 0. The summed E-state index contributed by atoms with van der Waals surface area (Å²) in [4.78, 5) is 6.24. The Bertz CT molecular complexity index is 605. The molecule has 1 aromatic carbocycles. The highest BCUT2D eigenvalue weighted by Crippen LogP contribution is 2.27. The molecule has 2 rings (SSSR count). The van der Waals surface area contributed by atoms with Crippen LogP contribution in [0.2, 0.25) is 0 Å². The summed E-state index contributed by atoms with van der Waals surface area (Å²) < 4.78 is 0. The van der Waals surface area contributed by atoms with Crippen LogP contribution in [-0.2, 0) is 6.54 Å². The van der Waals surface area contributed by atoms with Gasteiger partial charge in [-0.2, -0.15) is 5.26 Å². The maximum absolute atomic E-state index is 9.94. The molecule has 0 bridgehead atoms. The molecular formula is C17H19N3O. The molecule has 0 amide bonds. The van der Waals surface area contributed by atoms with Crippen molar-refractivity contribution in [2.75, 3.05) is 11.4 Å². The number of pyridine rings is 1. The lowest BCUT2D eigenvalue weighted by Gasteiger charge is -2.27. The van der Waals surface area contributed by atoms with Gasteiger partial charge in [-0.3, -0.25) is 4.98 Å². The van der Waals surface area contributed by atoms with Gasteiger partial charge in [0.25, 0.3) is 0 Å². The van der Waals surface area contributed by atoms with Gasteiger partial charge >= 0.3 is 0 Å². The van der Waals surface area contributed by atoms with Gasteiger partial charge in [-0.25, -0.2) is 0 Å². The van der Waals surface area contributed by atoms with Gasteiger partial charge in [0, 0.05) is 36.7 Å². The zero-order valence-corrected chi connectivity index (χ0v) is 12.1. The van der Waals surface area contributed by atoms with Gasteiger partial charge in [-0.05, 0) is 24.6 Å². The van der Waals surface area contributed by atoms with Crippen molar-refractivity contribution in [2.24, 2.45) is 0 Å². The monoisotopic (exact) mass is 281 g/mol. The van der Waals surface area contributed by atoms with E-state index in [9.17, 15) is 5.11 Å². The lowest BCUT2D eigenvalue weighted by Crippen LogP contribution is -2.25. The zero-order valence-electron chi connectivity index (χ0n) is 12.1. The Labute approximate surface area is 125 Å². The van der Waals surface area contributed by atoms with Crippen molar-refractivity contribution >= 4 is 5.69 Å². The van der Waals surface area contributed by atoms with E-state index in [1.165, 1.54) is 0 Å². The molecule has 1 heterocycles. The highest BCUT2D eigenvalue weighted by atomic mass is 16.3. The zero-order chi connectivity index (χ0) is 15.1. The number of hydrogen-bond acceptors (Lipinski definition) is 4. The van der Waals surface area contributed by atoms with Crippen molar-refractivity contribution in [1.82, 2.24) is 4.98 Å². The minimum absolute atomic E-state index is 0.439. The summed E-state index contributed by atoms with van der Waals surface area (Å²) in [6.45, 7) is 3.04. The first-order chi connectivity index (χ1) is 10.2. The van der Waals surface area contributed by atoms with E-state index in [0.29, 0.717) is 19.5 Å². The van der Waals surface area contributed by atoms with Crippen molar-refractivity contribution in [3.8, 4) is 6.07 Å². The fraction of sp³-hybridized carbons (Fsp3) is 0.294. The summed E-state index contributed by atoms with van der Waals surface area (Å²) in [5, 5.41) is 18.8. The predicted octanol–water partition coefficient (Wildman–Crippen LogP) is 3.06. The van der Waals surface area contributed by atoms with Crippen molar-refractivity contribution < 1.29 is 5.11 Å². The van der Waals surface area contributed by atoms with Crippen LogP contribution in [0.5, 0.6) is 0 Å². The van der Waals surface area contributed by atoms with E-state index in [-0.39, 0.29) is 0 Å². The van der Waals surface area contributed by atoms with E-state index >= 15 is 0 Å². The van der Waals surface area contributed by atoms with E-state index in [4.69, 9.17) is 5.26 Å². The molecule has 0 saturated carbocycles. The molecule has 1 unspecified atom stereocenters. The molecule has 1 aromatic heterocycles. The first kappa shape index (κ1) is 15.0. The summed E-state index contributed by atoms with van der Waals surface area (Å²) in [6.07, 6.45) is 3.46. The number of aliphatic hydroxyl groups is 1.